The molecule has 7 heteroatoms. The van der Waals surface area contributed by atoms with E-state index in [2.05, 4.69) is 10.6 Å². The second-order valence-electron chi connectivity index (χ2n) is 6.40. The van der Waals surface area contributed by atoms with E-state index in [0.717, 1.165) is 0 Å². The van der Waals surface area contributed by atoms with Gasteiger partial charge in [-0.2, -0.15) is 0 Å². The van der Waals surface area contributed by atoms with Crippen molar-refractivity contribution in [3.8, 4) is 0 Å². The van der Waals surface area contributed by atoms with E-state index in [1.807, 2.05) is 0 Å². The van der Waals surface area contributed by atoms with Crippen LogP contribution in [0.4, 0.5) is 4.39 Å². The zero-order chi connectivity index (χ0) is 20.8. The Morgan fingerprint density at radius 3 is 2.07 bits per heavy atom. The monoisotopic (exact) mass is 393 g/mol. The second kappa shape index (κ2) is 8.97. The number of amides is 2. The Hall–Kier alpha value is -3.74. The molecule has 0 saturated heterocycles. The number of ketones is 1. The second-order valence-corrected chi connectivity index (χ2v) is 6.40. The van der Waals surface area contributed by atoms with E-state index in [1.54, 1.807) is 54.2 Å². The lowest BCUT2D eigenvalue weighted by Crippen LogP contribution is -2.35. The summed E-state index contributed by atoms with van der Waals surface area (Å²) in [5.74, 6) is -1.47. The summed E-state index contributed by atoms with van der Waals surface area (Å²) in [5.41, 5.74) is 1.26. The van der Waals surface area contributed by atoms with E-state index in [-0.39, 0.29) is 35.9 Å². The first kappa shape index (κ1) is 20.0. The molecule has 1 heterocycles. The SMILES string of the molecule is Cn1cccc1C(=O)NCCNC(=O)c1ccccc1C(=O)c1ccc(F)cc1. The van der Waals surface area contributed by atoms with Crippen LogP contribution < -0.4 is 10.6 Å². The van der Waals surface area contributed by atoms with E-state index >= 15 is 0 Å². The molecule has 0 atom stereocenters. The lowest BCUT2D eigenvalue weighted by molar-refractivity contribution is 0.0921. The summed E-state index contributed by atoms with van der Waals surface area (Å²) >= 11 is 0. The summed E-state index contributed by atoms with van der Waals surface area (Å²) in [6.45, 7) is 0.442. The molecule has 2 aromatic carbocycles. The number of hydrogen-bond acceptors (Lipinski definition) is 3. The van der Waals surface area contributed by atoms with Gasteiger partial charge >= 0.3 is 0 Å². The van der Waals surface area contributed by atoms with Crippen molar-refractivity contribution in [2.24, 2.45) is 7.05 Å². The van der Waals surface area contributed by atoms with E-state index in [4.69, 9.17) is 0 Å². The molecule has 0 aliphatic carbocycles. The largest absolute Gasteiger partial charge is 0.350 e. The van der Waals surface area contributed by atoms with Crippen molar-refractivity contribution in [2.75, 3.05) is 13.1 Å². The molecule has 0 radical (unpaired) electrons. The van der Waals surface area contributed by atoms with Crippen LogP contribution in [-0.4, -0.2) is 35.3 Å². The highest BCUT2D eigenvalue weighted by molar-refractivity contribution is 6.15. The predicted octanol–water partition coefficient (Wildman–Crippen LogP) is 2.55. The van der Waals surface area contributed by atoms with Crippen LogP contribution >= 0.6 is 0 Å². The first-order chi connectivity index (χ1) is 14.0. The van der Waals surface area contributed by atoms with Gasteiger partial charge in [0.05, 0.1) is 5.56 Å². The lowest BCUT2D eigenvalue weighted by atomic mass is 9.98. The first-order valence-electron chi connectivity index (χ1n) is 9.04. The molecule has 0 fully saturated rings. The van der Waals surface area contributed by atoms with Gasteiger partial charge in [-0.3, -0.25) is 14.4 Å². The van der Waals surface area contributed by atoms with Crippen LogP contribution in [0.5, 0.6) is 0 Å². The molecule has 29 heavy (non-hydrogen) atoms. The highest BCUT2D eigenvalue weighted by atomic mass is 19.1. The van der Waals surface area contributed by atoms with Gasteiger partial charge in [-0.15, -0.1) is 0 Å². The summed E-state index contributed by atoms with van der Waals surface area (Å²) in [5, 5.41) is 5.42. The summed E-state index contributed by atoms with van der Waals surface area (Å²) < 4.78 is 14.8. The molecule has 1 aromatic heterocycles. The minimum Gasteiger partial charge on any atom is -0.350 e. The Bertz CT molecular complexity index is 1040. The van der Waals surface area contributed by atoms with Crippen molar-refractivity contribution < 1.29 is 18.8 Å². The Morgan fingerprint density at radius 1 is 0.828 bits per heavy atom. The number of nitrogens with one attached hydrogen (secondary N) is 2. The molecule has 3 rings (SSSR count). The van der Waals surface area contributed by atoms with Crippen LogP contribution in [0.1, 0.15) is 36.8 Å². The maximum Gasteiger partial charge on any atom is 0.267 e. The Kier molecular flexibility index (Phi) is 6.19. The van der Waals surface area contributed by atoms with Gasteiger partial charge < -0.3 is 15.2 Å². The van der Waals surface area contributed by atoms with Crippen LogP contribution in [0.15, 0.2) is 66.9 Å². The molecule has 148 valence electrons. The molecular formula is C22H20FN3O3. The van der Waals surface area contributed by atoms with Gasteiger partial charge in [-0.1, -0.05) is 18.2 Å². The zero-order valence-corrected chi connectivity index (χ0v) is 15.8. The average Bonchev–Trinajstić information content (AvgIpc) is 3.17. The minimum absolute atomic E-state index is 0.202. The van der Waals surface area contributed by atoms with Gasteiger partial charge in [-0.05, 0) is 42.5 Å². The van der Waals surface area contributed by atoms with Crippen LogP contribution in [0.3, 0.4) is 0 Å². The first-order valence-corrected chi connectivity index (χ1v) is 9.04. The standard InChI is InChI=1S/C22H20FN3O3/c1-26-14-4-7-19(26)22(29)25-13-12-24-21(28)18-6-3-2-5-17(18)20(27)15-8-10-16(23)11-9-15/h2-11,14H,12-13H2,1H3,(H,24,28)(H,25,29). The number of benzene rings is 2. The fourth-order valence-electron chi connectivity index (χ4n) is 2.87. The van der Waals surface area contributed by atoms with Crippen molar-refractivity contribution in [3.63, 3.8) is 0 Å². The van der Waals surface area contributed by atoms with Crippen LogP contribution in [0.25, 0.3) is 0 Å². The molecular weight excluding hydrogens is 373 g/mol. The molecule has 0 bridgehead atoms. The summed E-state index contributed by atoms with van der Waals surface area (Å²) in [6.07, 6.45) is 1.77. The quantitative estimate of drug-likeness (QED) is 0.478. The third-order valence-corrected chi connectivity index (χ3v) is 4.40. The van der Waals surface area contributed by atoms with Crippen molar-refractivity contribution in [1.29, 1.82) is 0 Å². The third kappa shape index (κ3) is 4.76. The highest BCUT2D eigenvalue weighted by Crippen LogP contribution is 2.15. The average molecular weight is 393 g/mol. The molecule has 2 N–H and O–H groups in total. The Balaban J connectivity index is 1.61. The molecule has 0 saturated carbocycles. The van der Waals surface area contributed by atoms with Gasteiger partial charge in [0.2, 0.25) is 0 Å². The van der Waals surface area contributed by atoms with Gasteiger partial charge in [-0.25, -0.2) is 4.39 Å². The van der Waals surface area contributed by atoms with Crippen molar-refractivity contribution >= 4 is 17.6 Å². The number of aromatic nitrogens is 1. The van der Waals surface area contributed by atoms with Crippen LogP contribution in [0, 0.1) is 5.82 Å². The van der Waals surface area contributed by atoms with Crippen molar-refractivity contribution in [2.45, 2.75) is 0 Å². The summed E-state index contributed by atoms with van der Waals surface area (Å²) in [7, 11) is 1.77. The van der Waals surface area contributed by atoms with Crippen molar-refractivity contribution in [3.05, 3.63) is 95.1 Å². The van der Waals surface area contributed by atoms with E-state index in [0.29, 0.717) is 11.3 Å². The minimum atomic E-state index is -0.440. The van der Waals surface area contributed by atoms with Gasteiger partial charge in [0.1, 0.15) is 11.5 Å². The fraction of sp³-hybridized carbons (Fsp3) is 0.136. The number of rotatable bonds is 7. The molecule has 0 unspecified atom stereocenters. The van der Waals surface area contributed by atoms with Crippen molar-refractivity contribution in [1.82, 2.24) is 15.2 Å². The normalized spacial score (nSPS) is 10.4. The van der Waals surface area contributed by atoms with Gasteiger partial charge in [0.15, 0.2) is 5.78 Å². The zero-order valence-electron chi connectivity index (χ0n) is 15.8. The van der Waals surface area contributed by atoms with Gasteiger partial charge in [0.25, 0.3) is 11.8 Å². The van der Waals surface area contributed by atoms with E-state index < -0.39 is 11.7 Å². The third-order valence-electron chi connectivity index (χ3n) is 4.40. The Morgan fingerprint density at radius 2 is 1.45 bits per heavy atom. The van der Waals surface area contributed by atoms with Crippen LogP contribution in [0.2, 0.25) is 0 Å². The highest BCUT2D eigenvalue weighted by Gasteiger charge is 2.18. The topological polar surface area (TPSA) is 80.2 Å². The summed E-state index contributed by atoms with van der Waals surface area (Å²) in [6, 6.07) is 15.1. The fourth-order valence-corrected chi connectivity index (χ4v) is 2.87. The number of carbonyl (C=O) groups excluding carboxylic acids is 3. The number of halogens is 1. The lowest BCUT2D eigenvalue weighted by Gasteiger charge is -2.10. The molecule has 3 aromatic rings. The van der Waals surface area contributed by atoms with Gasteiger partial charge in [0, 0.05) is 37.5 Å². The Labute approximate surface area is 167 Å². The molecule has 0 aliphatic heterocycles. The van der Waals surface area contributed by atoms with E-state index in [1.165, 1.54) is 24.3 Å². The molecule has 0 aliphatic rings. The smallest absolute Gasteiger partial charge is 0.267 e. The number of hydrogen-bond donors (Lipinski definition) is 2. The maximum absolute atomic E-state index is 13.1. The van der Waals surface area contributed by atoms with E-state index in [9.17, 15) is 18.8 Å². The summed E-state index contributed by atoms with van der Waals surface area (Å²) in [4.78, 5) is 37.3. The predicted molar refractivity (Wildman–Crippen MR) is 106 cm³/mol. The van der Waals surface area contributed by atoms with Crippen LogP contribution in [-0.2, 0) is 7.05 Å². The number of nitrogens with zero attached hydrogens (tertiary/aromatic N) is 1. The molecule has 2 amide bonds. The number of carbonyl (C=O) groups is 3. The number of aryl methyl sites for hydroxylation is 1. The maximum atomic E-state index is 13.1. The molecule has 0 spiro atoms. The molecule has 6 nitrogen and oxygen atoms in total.